The number of amides is 2. The molecule has 0 aliphatic heterocycles. The second-order valence-electron chi connectivity index (χ2n) is 8.22. The monoisotopic (exact) mass is 466 g/mol. The number of carboxylic acid groups (broad SMARTS) is 1. The number of aliphatic hydroxyl groups excluding tert-OH is 1. The molecule has 34 heavy (non-hydrogen) atoms. The SMILES string of the molecule is CC(COc1ccc(NC(=O)C(C)(CO)NC(=O)O)cc1)c1ccc(-c2ccccc2)c(F)c1. The number of aliphatic hydroxyl groups is 1. The predicted octanol–water partition coefficient (Wildman–Crippen LogP) is 4.63. The Morgan fingerprint density at radius 2 is 1.74 bits per heavy atom. The Bertz CT molecular complexity index is 1140. The molecule has 3 rings (SSSR count). The van der Waals surface area contributed by atoms with Crippen LogP contribution in [-0.4, -0.2) is 41.0 Å². The maximum atomic E-state index is 14.7. The molecule has 0 bridgehead atoms. The van der Waals surface area contributed by atoms with Gasteiger partial charge in [0.15, 0.2) is 0 Å². The number of ether oxygens (including phenoxy) is 1. The minimum absolute atomic E-state index is 0.0638. The summed E-state index contributed by atoms with van der Waals surface area (Å²) >= 11 is 0. The third kappa shape index (κ3) is 6.11. The summed E-state index contributed by atoms with van der Waals surface area (Å²) in [6.07, 6.45) is -1.42. The molecule has 0 radical (unpaired) electrons. The number of rotatable bonds is 9. The fraction of sp³-hybridized carbons (Fsp3) is 0.231. The van der Waals surface area contributed by atoms with Gasteiger partial charge in [-0.1, -0.05) is 49.4 Å². The average molecular weight is 467 g/mol. The number of hydrogen-bond donors (Lipinski definition) is 4. The van der Waals surface area contributed by atoms with Crippen LogP contribution in [0.3, 0.4) is 0 Å². The molecule has 0 saturated carbocycles. The minimum Gasteiger partial charge on any atom is -0.493 e. The van der Waals surface area contributed by atoms with E-state index >= 15 is 0 Å². The maximum Gasteiger partial charge on any atom is 0.405 e. The third-order valence-corrected chi connectivity index (χ3v) is 5.46. The Balaban J connectivity index is 1.58. The van der Waals surface area contributed by atoms with Crippen LogP contribution in [0.2, 0.25) is 0 Å². The fourth-order valence-corrected chi connectivity index (χ4v) is 3.31. The predicted molar refractivity (Wildman–Crippen MR) is 127 cm³/mol. The van der Waals surface area contributed by atoms with Crippen LogP contribution in [0.5, 0.6) is 5.75 Å². The van der Waals surface area contributed by atoms with E-state index in [1.807, 2.05) is 48.6 Å². The molecule has 8 heteroatoms. The van der Waals surface area contributed by atoms with Crippen molar-refractivity contribution in [1.29, 1.82) is 0 Å². The summed E-state index contributed by atoms with van der Waals surface area (Å²) in [4.78, 5) is 23.2. The van der Waals surface area contributed by atoms with Crippen molar-refractivity contribution < 1.29 is 28.9 Å². The molecule has 4 N–H and O–H groups in total. The van der Waals surface area contributed by atoms with Crippen LogP contribution < -0.4 is 15.4 Å². The highest BCUT2D eigenvalue weighted by Crippen LogP contribution is 2.27. The molecule has 0 aliphatic carbocycles. The second-order valence-corrected chi connectivity index (χ2v) is 8.22. The van der Waals surface area contributed by atoms with Crippen molar-refractivity contribution in [2.45, 2.75) is 25.3 Å². The molecule has 3 aromatic carbocycles. The van der Waals surface area contributed by atoms with E-state index in [-0.39, 0.29) is 11.7 Å². The smallest absolute Gasteiger partial charge is 0.405 e. The summed E-state index contributed by atoms with van der Waals surface area (Å²) in [6, 6.07) is 21.1. The molecule has 0 aliphatic rings. The van der Waals surface area contributed by atoms with E-state index < -0.39 is 24.1 Å². The van der Waals surface area contributed by atoms with Gasteiger partial charge in [-0.05, 0) is 48.4 Å². The van der Waals surface area contributed by atoms with Gasteiger partial charge in [0.2, 0.25) is 0 Å². The molecule has 2 atom stereocenters. The highest BCUT2D eigenvalue weighted by Gasteiger charge is 2.34. The van der Waals surface area contributed by atoms with Crippen LogP contribution in [0.15, 0.2) is 72.8 Å². The van der Waals surface area contributed by atoms with Gasteiger partial charge in [0.1, 0.15) is 17.1 Å². The zero-order valence-electron chi connectivity index (χ0n) is 18.9. The zero-order valence-corrected chi connectivity index (χ0v) is 18.9. The van der Waals surface area contributed by atoms with Crippen molar-refractivity contribution in [1.82, 2.24) is 5.32 Å². The van der Waals surface area contributed by atoms with E-state index in [1.165, 1.54) is 13.0 Å². The fourth-order valence-electron chi connectivity index (χ4n) is 3.31. The summed E-state index contributed by atoms with van der Waals surface area (Å²) < 4.78 is 20.5. The largest absolute Gasteiger partial charge is 0.493 e. The molecule has 0 fully saturated rings. The van der Waals surface area contributed by atoms with Crippen LogP contribution >= 0.6 is 0 Å². The lowest BCUT2D eigenvalue weighted by atomic mass is 9.97. The average Bonchev–Trinajstić information content (AvgIpc) is 2.83. The van der Waals surface area contributed by atoms with Gasteiger partial charge in [0, 0.05) is 17.2 Å². The van der Waals surface area contributed by atoms with Crippen LogP contribution in [-0.2, 0) is 4.79 Å². The Labute approximate surface area is 197 Å². The third-order valence-electron chi connectivity index (χ3n) is 5.46. The lowest BCUT2D eigenvalue weighted by Gasteiger charge is -2.25. The first kappa shape index (κ1) is 24.7. The van der Waals surface area contributed by atoms with Crippen molar-refractivity contribution in [3.8, 4) is 16.9 Å². The maximum absolute atomic E-state index is 14.7. The standard InChI is InChI=1S/C26H27FN2O5/c1-17(19-8-13-22(23(27)14-19)18-6-4-3-5-7-18)15-34-21-11-9-20(10-12-21)28-24(31)26(2,16-30)29-25(32)33/h3-14,17,29-30H,15-16H2,1-2H3,(H,28,31)(H,32,33). The van der Waals surface area contributed by atoms with Gasteiger partial charge in [0.05, 0.1) is 13.2 Å². The van der Waals surface area contributed by atoms with Gasteiger partial charge in [-0.15, -0.1) is 0 Å². The molecule has 0 aromatic heterocycles. The Morgan fingerprint density at radius 1 is 1.06 bits per heavy atom. The summed E-state index contributed by atoms with van der Waals surface area (Å²) in [6.45, 7) is 2.85. The highest BCUT2D eigenvalue weighted by molar-refractivity contribution is 5.99. The van der Waals surface area contributed by atoms with Crippen LogP contribution in [0.25, 0.3) is 11.1 Å². The highest BCUT2D eigenvalue weighted by atomic mass is 19.1. The van der Waals surface area contributed by atoms with Crippen molar-refractivity contribution in [2.75, 3.05) is 18.5 Å². The van der Waals surface area contributed by atoms with Gasteiger partial charge in [-0.25, -0.2) is 9.18 Å². The molecule has 7 nitrogen and oxygen atoms in total. The van der Waals surface area contributed by atoms with E-state index in [9.17, 15) is 19.1 Å². The lowest BCUT2D eigenvalue weighted by Crippen LogP contribution is -2.56. The summed E-state index contributed by atoms with van der Waals surface area (Å²) in [5, 5.41) is 22.8. The first-order valence-electron chi connectivity index (χ1n) is 10.7. The number of carbonyl (C=O) groups is 2. The van der Waals surface area contributed by atoms with E-state index in [1.54, 1.807) is 30.3 Å². The Hall–Kier alpha value is -3.91. The number of nitrogens with one attached hydrogen (secondary N) is 2. The number of halogens is 1. The second kappa shape index (κ2) is 10.8. The van der Waals surface area contributed by atoms with Crippen LogP contribution in [0.1, 0.15) is 25.3 Å². The molecule has 3 aromatic rings. The Kier molecular flexibility index (Phi) is 7.86. The van der Waals surface area contributed by atoms with E-state index in [2.05, 4.69) is 5.32 Å². The first-order valence-corrected chi connectivity index (χ1v) is 10.7. The number of benzene rings is 3. The molecule has 2 unspecified atom stereocenters. The van der Waals surface area contributed by atoms with Crippen molar-refractivity contribution in [3.63, 3.8) is 0 Å². The minimum atomic E-state index is -1.68. The van der Waals surface area contributed by atoms with Gasteiger partial charge in [-0.2, -0.15) is 0 Å². The molecule has 0 saturated heterocycles. The lowest BCUT2D eigenvalue weighted by molar-refractivity contribution is -0.123. The van der Waals surface area contributed by atoms with E-state index in [0.29, 0.717) is 23.6 Å². The normalized spacial score (nSPS) is 13.4. The summed E-state index contributed by atoms with van der Waals surface area (Å²) in [5.74, 6) is -0.491. The van der Waals surface area contributed by atoms with Crippen molar-refractivity contribution in [2.24, 2.45) is 0 Å². The van der Waals surface area contributed by atoms with Gasteiger partial charge < -0.3 is 25.6 Å². The van der Waals surface area contributed by atoms with Crippen LogP contribution in [0.4, 0.5) is 14.9 Å². The van der Waals surface area contributed by atoms with E-state index in [4.69, 9.17) is 9.84 Å². The molecule has 0 heterocycles. The first-order chi connectivity index (χ1) is 16.2. The van der Waals surface area contributed by atoms with Gasteiger partial charge >= 0.3 is 6.09 Å². The van der Waals surface area contributed by atoms with Crippen molar-refractivity contribution in [3.05, 3.63) is 84.2 Å². The Morgan fingerprint density at radius 3 is 2.32 bits per heavy atom. The topological polar surface area (TPSA) is 108 Å². The number of hydrogen-bond acceptors (Lipinski definition) is 4. The van der Waals surface area contributed by atoms with Crippen LogP contribution in [0, 0.1) is 5.82 Å². The molecule has 178 valence electrons. The molecular formula is C26H27FN2O5. The number of anilines is 1. The number of carbonyl (C=O) groups excluding carboxylic acids is 1. The van der Waals surface area contributed by atoms with Gasteiger partial charge in [0.25, 0.3) is 5.91 Å². The molecular weight excluding hydrogens is 439 g/mol. The van der Waals surface area contributed by atoms with Crippen molar-refractivity contribution >= 4 is 17.7 Å². The zero-order chi connectivity index (χ0) is 24.7. The molecule has 0 spiro atoms. The van der Waals surface area contributed by atoms with Gasteiger partial charge in [-0.3, -0.25) is 4.79 Å². The summed E-state index contributed by atoms with van der Waals surface area (Å²) in [5.41, 5.74) is 0.916. The quantitative estimate of drug-likeness (QED) is 0.368. The van der Waals surface area contributed by atoms with E-state index in [0.717, 1.165) is 11.1 Å². The summed E-state index contributed by atoms with van der Waals surface area (Å²) in [7, 11) is 0. The molecule has 2 amide bonds.